The van der Waals surface area contributed by atoms with Crippen LogP contribution in [0.2, 0.25) is 5.02 Å². The lowest BCUT2D eigenvalue weighted by Crippen LogP contribution is -2.38. The first-order valence-electron chi connectivity index (χ1n) is 8.84. The van der Waals surface area contributed by atoms with Gasteiger partial charge in [-0.1, -0.05) is 11.6 Å². The molecule has 2 N–H and O–H groups in total. The van der Waals surface area contributed by atoms with Crippen molar-refractivity contribution in [2.75, 3.05) is 17.9 Å². The number of likely N-dealkylation sites (tertiary alicyclic amines) is 1. The van der Waals surface area contributed by atoms with Gasteiger partial charge >= 0.3 is 0 Å². The predicted molar refractivity (Wildman–Crippen MR) is 111 cm³/mol. The Kier molecular flexibility index (Phi) is 5.43. The molecule has 1 aliphatic rings. The first-order chi connectivity index (χ1) is 13.9. The van der Waals surface area contributed by atoms with Crippen LogP contribution in [0.1, 0.15) is 23.2 Å². The van der Waals surface area contributed by atoms with Gasteiger partial charge in [-0.2, -0.15) is 12.8 Å². The number of halogens is 1. The second-order valence-electron chi connectivity index (χ2n) is 6.63. The molecule has 0 bridgehead atoms. The van der Waals surface area contributed by atoms with E-state index in [-0.39, 0.29) is 39.9 Å². The van der Waals surface area contributed by atoms with E-state index in [1.54, 1.807) is 11.0 Å². The molecule has 0 radical (unpaired) electrons. The number of aliphatic hydroxyl groups is 1. The van der Waals surface area contributed by atoms with Crippen LogP contribution in [-0.2, 0) is 10.0 Å². The number of nitrogens with one attached hydrogen (secondary N) is 1. The standard InChI is InChI=1S/C18H17ClN4O4S2/c19-11-3-4-13(18(25)23-7-1-2-12(23)10-24)15(8-11)22-29(26,27)17-14-9-21-28-16(14)5-6-20-17/h3-6,8-9,12,22,24H,1-2,7,10H2. The second-order valence-corrected chi connectivity index (χ2v) is 9.49. The van der Waals surface area contributed by atoms with Crippen molar-refractivity contribution in [2.45, 2.75) is 23.9 Å². The molecule has 1 aromatic carbocycles. The summed E-state index contributed by atoms with van der Waals surface area (Å²) in [5.74, 6) is -0.362. The van der Waals surface area contributed by atoms with Gasteiger partial charge in [-0.25, -0.2) is 4.98 Å². The van der Waals surface area contributed by atoms with Gasteiger partial charge in [0.25, 0.3) is 15.9 Å². The van der Waals surface area contributed by atoms with Gasteiger partial charge in [-0.3, -0.25) is 9.52 Å². The molecule has 1 saturated heterocycles. The number of sulfonamides is 1. The van der Waals surface area contributed by atoms with E-state index in [0.717, 1.165) is 6.42 Å². The number of hydrogen-bond acceptors (Lipinski definition) is 7. The number of anilines is 1. The molecule has 1 amide bonds. The number of fused-ring (bicyclic) bond motifs is 1. The van der Waals surface area contributed by atoms with Crippen LogP contribution in [0.4, 0.5) is 5.69 Å². The van der Waals surface area contributed by atoms with E-state index in [4.69, 9.17) is 11.6 Å². The van der Waals surface area contributed by atoms with E-state index in [9.17, 15) is 18.3 Å². The van der Waals surface area contributed by atoms with E-state index in [1.807, 2.05) is 0 Å². The summed E-state index contributed by atoms with van der Waals surface area (Å²) in [6, 6.07) is 5.80. The Labute approximate surface area is 176 Å². The third kappa shape index (κ3) is 3.80. The molecule has 0 spiro atoms. The van der Waals surface area contributed by atoms with Gasteiger partial charge in [-0.15, -0.1) is 0 Å². The number of amides is 1. The fourth-order valence-corrected chi connectivity index (χ4v) is 5.50. The van der Waals surface area contributed by atoms with Crippen LogP contribution >= 0.6 is 23.1 Å². The predicted octanol–water partition coefficient (Wildman–Crippen LogP) is 2.74. The lowest BCUT2D eigenvalue weighted by Gasteiger charge is -2.24. The molecule has 1 atom stereocenters. The molecule has 3 heterocycles. The van der Waals surface area contributed by atoms with Crippen molar-refractivity contribution in [1.82, 2.24) is 14.3 Å². The van der Waals surface area contributed by atoms with Crippen molar-refractivity contribution in [3.8, 4) is 0 Å². The van der Waals surface area contributed by atoms with Crippen molar-refractivity contribution < 1.29 is 18.3 Å². The maximum Gasteiger partial charge on any atom is 0.280 e. The Balaban J connectivity index is 1.73. The van der Waals surface area contributed by atoms with Crippen molar-refractivity contribution >= 4 is 54.8 Å². The van der Waals surface area contributed by atoms with Crippen molar-refractivity contribution in [2.24, 2.45) is 0 Å². The van der Waals surface area contributed by atoms with Crippen LogP contribution in [0.5, 0.6) is 0 Å². The number of carbonyl (C=O) groups excluding carboxylic acids is 1. The molecule has 29 heavy (non-hydrogen) atoms. The summed E-state index contributed by atoms with van der Waals surface area (Å²) in [6.07, 6.45) is 4.33. The van der Waals surface area contributed by atoms with Crippen LogP contribution in [-0.4, -0.2) is 52.9 Å². The highest BCUT2D eigenvalue weighted by atomic mass is 35.5. The summed E-state index contributed by atoms with van der Waals surface area (Å²) in [4.78, 5) is 18.6. The maximum absolute atomic E-state index is 13.1. The lowest BCUT2D eigenvalue weighted by molar-refractivity contribution is 0.0678. The molecule has 8 nitrogen and oxygen atoms in total. The Morgan fingerprint density at radius 3 is 3.00 bits per heavy atom. The molecule has 1 aliphatic heterocycles. The van der Waals surface area contributed by atoms with Gasteiger partial charge < -0.3 is 10.0 Å². The fourth-order valence-electron chi connectivity index (χ4n) is 3.41. The van der Waals surface area contributed by atoms with Gasteiger partial charge in [0.05, 0.1) is 40.2 Å². The monoisotopic (exact) mass is 452 g/mol. The zero-order valence-corrected chi connectivity index (χ0v) is 17.5. The summed E-state index contributed by atoms with van der Waals surface area (Å²) in [5, 5.41) is 10.0. The molecule has 3 aromatic rings. The zero-order chi connectivity index (χ0) is 20.6. The van der Waals surface area contributed by atoms with E-state index < -0.39 is 10.0 Å². The van der Waals surface area contributed by atoms with Crippen molar-refractivity contribution in [3.63, 3.8) is 0 Å². The van der Waals surface area contributed by atoms with Crippen molar-refractivity contribution in [3.05, 3.63) is 47.2 Å². The van der Waals surface area contributed by atoms with E-state index in [1.165, 1.54) is 42.1 Å². The highest BCUT2D eigenvalue weighted by Crippen LogP contribution is 2.30. The Hall–Kier alpha value is -2.27. The average Bonchev–Trinajstić information content (AvgIpc) is 3.36. The van der Waals surface area contributed by atoms with Gasteiger partial charge in [0.15, 0.2) is 5.03 Å². The Morgan fingerprint density at radius 2 is 2.21 bits per heavy atom. The highest BCUT2D eigenvalue weighted by Gasteiger charge is 2.31. The van der Waals surface area contributed by atoms with Crippen LogP contribution in [0.25, 0.3) is 10.1 Å². The first-order valence-corrected chi connectivity index (χ1v) is 11.5. The number of carbonyl (C=O) groups is 1. The summed E-state index contributed by atoms with van der Waals surface area (Å²) >= 11 is 7.23. The van der Waals surface area contributed by atoms with Crippen LogP contribution in [0.3, 0.4) is 0 Å². The van der Waals surface area contributed by atoms with Gasteiger partial charge in [0.1, 0.15) is 0 Å². The number of hydrogen-bond donors (Lipinski definition) is 2. The molecule has 4 rings (SSSR count). The van der Waals surface area contributed by atoms with Gasteiger partial charge in [0, 0.05) is 17.8 Å². The third-order valence-electron chi connectivity index (χ3n) is 4.81. The van der Waals surface area contributed by atoms with Gasteiger partial charge in [0.2, 0.25) is 0 Å². The van der Waals surface area contributed by atoms with Crippen LogP contribution in [0, 0.1) is 0 Å². The molecule has 2 aromatic heterocycles. The molecular weight excluding hydrogens is 436 g/mol. The number of benzene rings is 1. The smallest absolute Gasteiger partial charge is 0.280 e. The maximum atomic E-state index is 13.1. The molecule has 1 unspecified atom stereocenters. The minimum absolute atomic E-state index is 0.0630. The average molecular weight is 453 g/mol. The number of aliphatic hydroxyl groups excluding tert-OH is 1. The van der Waals surface area contributed by atoms with Gasteiger partial charge in [-0.05, 0) is 48.6 Å². The molecule has 0 saturated carbocycles. The Bertz CT molecular complexity index is 1180. The molecule has 11 heteroatoms. The minimum atomic E-state index is -4.10. The quantitative estimate of drug-likeness (QED) is 0.615. The SMILES string of the molecule is O=C(c1ccc(Cl)cc1NS(=O)(=O)c1nccc2sncc12)N1CCCC1CO. The number of aromatic nitrogens is 2. The van der Waals surface area contributed by atoms with E-state index in [0.29, 0.717) is 23.1 Å². The first kappa shape index (κ1) is 20.0. The van der Waals surface area contributed by atoms with E-state index >= 15 is 0 Å². The fraction of sp³-hybridized carbons (Fsp3) is 0.278. The molecule has 1 fully saturated rings. The Morgan fingerprint density at radius 1 is 1.38 bits per heavy atom. The number of pyridine rings is 1. The van der Waals surface area contributed by atoms with Crippen LogP contribution in [0.15, 0.2) is 41.7 Å². The molecule has 152 valence electrons. The summed E-state index contributed by atoms with van der Waals surface area (Å²) in [6.45, 7) is 0.359. The van der Waals surface area contributed by atoms with Crippen molar-refractivity contribution in [1.29, 1.82) is 0 Å². The normalized spacial score (nSPS) is 17.0. The summed E-state index contributed by atoms with van der Waals surface area (Å²) < 4.78 is 33.2. The second kappa shape index (κ2) is 7.86. The highest BCUT2D eigenvalue weighted by molar-refractivity contribution is 7.92. The molecule has 0 aliphatic carbocycles. The zero-order valence-electron chi connectivity index (χ0n) is 15.1. The largest absolute Gasteiger partial charge is 0.394 e. The number of rotatable bonds is 5. The van der Waals surface area contributed by atoms with Crippen LogP contribution < -0.4 is 4.72 Å². The molecular formula is C18H17ClN4O4S2. The summed E-state index contributed by atoms with van der Waals surface area (Å²) in [5.41, 5.74) is 0.224. The van der Waals surface area contributed by atoms with E-state index in [2.05, 4.69) is 14.1 Å². The lowest BCUT2D eigenvalue weighted by atomic mass is 10.1. The minimum Gasteiger partial charge on any atom is -0.394 e. The third-order valence-corrected chi connectivity index (χ3v) is 7.13. The number of nitrogens with zero attached hydrogens (tertiary/aromatic N) is 3. The topological polar surface area (TPSA) is 112 Å². The summed E-state index contributed by atoms with van der Waals surface area (Å²) in [7, 11) is -4.10.